The Balaban J connectivity index is 2.18. The molecule has 1 nitrogen and oxygen atoms in total. The molecule has 2 heteroatoms. The summed E-state index contributed by atoms with van der Waals surface area (Å²) < 4.78 is 1.18. The van der Waals surface area contributed by atoms with Gasteiger partial charge in [-0.2, -0.15) is 0 Å². The number of rotatable bonds is 1. The van der Waals surface area contributed by atoms with Gasteiger partial charge in [-0.05, 0) is 36.8 Å². The molecule has 0 bridgehead atoms. The van der Waals surface area contributed by atoms with Crippen molar-refractivity contribution in [1.29, 1.82) is 0 Å². The Hall–Kier alpha value is -0.340. The van der Waals surface area contributed by atoms with Crippen molar-refractivity contribution in [2.45, 2.75) is 37.7 Å². The Morgan fingerprint density at radius 2 is 2.00 bits per heavy atom. The standard InChI is InChI=1S/C12H15BrO/c13-12-7-2-1-6-11(12)9-4-3-5-10(14)8-9/h1-2,6-7,9-10,14H,3-5,8H2. The molecule has 1 aliphatic rings. The van der Waals surface area contributed by atoms with Gasteiger partial charge >= 0.3 is 0 Å². The van der Waals surface area contributed by atoms with Gasteiger partial charge in [-0.3, -0.25) is 0 Å². The minimum Gasteiger partial charge on any atom is -0.393 e. The van der Waals surface area contributed by atoms with E-state index in [1.54, 1.807) is 0 Å². The maximum Gasteiger partial charge on any atom is 0.0546 e. The van der Waals surface area contributed by atoms with Gasteiger partial charge in [0.2, 0.25) is 0 Å². The summed E-state index contributed by atoms with van der Waals surface area (Å²) in [6, 6.07) is 8.34. The van der Waals surface area contributed by atoms with Crippen LogP contribution in [-0.4, -0.2) is 11.2 Å². The minimum absolute atomic E-state index is 0.0964. The summed E-state index contributed by atoms with van der Waals surface area (Å²) >= 11 is 3.57. The average Bonchev–Trinajstić information content (AvgIpc) is 2.18. The van der Waals surface area contributed by atoms with Crippen molar-refractivity contribution in [3.05, 3.63) is 34.3 Å². The van der Waals surface area contributed by atoms with Crippen LogP contribution in [0.25, 0.3) is 0 Å². The van der Waals surface area contributed by atoms with Crippen LogP contribution in [0, 0.1) is 0 Å². The second kappa shape index (κ2) is 4.45. The summed E-state index contributed by atoms with van der Waals surface area (Å²) in [6.07, 6.45) is 4.15. The van der Waals surface area contributed by atoms with E-state index in [-0.39, 0.29) is 6.10 Å². The van der Waals surface area contributed by atoms with Crippen LogP contribution in [0.5, 0.6) is 0 Å². The van der Waals surface area contributed by atoms with Crippen LogP contribution < -0.4 is 0 Å². The Morgan fingerprint density at radius 3 is 2.71 bits per heavy atom. The highest BCUT2D eigenvalue weighted by molar-refractivity contribution is 9.10. The van der Waals surface area contributed by atoms with Crippen molar-refractivity contribution < 1.29 is 5.11 Å². The Labute approximate surface area is 93.3 Å². The van der Waals surface area contributed by atoms with Crippen molar-refractivity contribution in [1.82, 2.24) is 0 Å². The molecule has 1 N–H and O–H groups in total. The lowest BCUT2D eigenvalue weighted by molar-refractivity contribution is 0.119. The summed E-state index contributed by atoms with van der Waals surface area (Å²) in [5, 5.41) is 9.62. The molecule has 1 aromatic carbocycles. The first kappa shape index (κ1) is 10.2. The van der Waals surface area contributed by atoms with Crippen LogP contribution >= 0.6 is 15.9 Å². The SMILES string of the molecule is OC1CCCC(c2ccccc2Br)C1. The molecule has 0 saturated heterocycles. The van der Waals surface area contributed by atoms with Crippen molar-refractivity contribution in [3.63, 3.8) is 0 Å². The van der Waals surface area contributed by atoms with Crippen molar-refractivity contribution >= 4 is 15.9 Å². The van der Waals surface area contributed by atoms with Crippen LogP contribution in [-0.2, 0) is 0 Å². The third kappa shape index (κ3) is 2.18. The zero-order valence-corrected chi connectivity index (χ0v) is 9.70. The number of benzene rings is 1. The van der Waals surface area contributed by atoms with Gasteiger partial charge in [-0.25, -0.2) is 0 Å². The average molecular weight is 255 g/mol. The lowest BCUT2D eigenvalue weighted by atomic mass is 9.83. The van der Waals surface area contributed by atoms with E-state index < -0.39 is 0 Å². The van der Waals surface area contributed by atoms with E-state index >= 15 is 0 Å². The molecule has 1 aromatic rings. The maximum atomic E-state index is 9.62. The van der Waals surface area contributed by atoms with Gasteiger partial charge in [-0.15, -0.1) is 0 Å². The summed E-state index contributed by atoms with van der Waals surface area (Å²) in [5.74, 6) is 0.536. The van der Waals surface area contributed by atoms with Gasteiger partial charge in [-0.1, -0.05) is 40.5 Å². The first-order valence-corrected chi connectivity index (χ1v) is 5.99. The molecule has 1 saturated carbocycles. The van der Waals surface area contributed by atoms with Crippen molar-refractivity contribution in [2.75, 3.05) is 0 Å². The highest BCUT2D eigenvalue weighted by Gasteiger charge is 2.22. The van der Waals surface area contributed by atoms with Crippen LogP contribution in [0.1, 0.15) is 37.2 Å². The van der Waals surface area contributed by atoms with Gasteiger partial charge in [0, 0.05) is 4.47 Å². The number of hydrogen-bond acceptors (Lipinski definition) is 1. The molecule has 0 amide bonds. The second-order valence-corrected chi connectivity index (χ2v) is 4.89. The number of aliphatic hydroxyl groups excluding tert-OH is 1. The molecular formula is C12H15BrO. The van der Waals surface area contributed by atoms with Gasteiger partial charge in [0.1, 0.15) is 0 Å². The third-order valence-electron chi connectivity index (χ3n) is 2.99. The molecule has 0 radical (unpaired) electrons. The summed E-state index contributed by atoms with van der Waals surface area (Å²) in [4.78, 5) is 0. The lowest BCUT2D eigenvalue weighted by Gasteiger charge is -2.26. The molecule has 0 aliphatic heterocycles. The summed E-state index contributed by atoms with van der Waals surface area (Å²) in [5.41, 5.74) is 1.35. The van der Waals surface area contributed by atoms with E-state index in [2.05, 4.69) is 34.1 Å². The van der Waals surface area contributed by atoms with E-state index in [4.69, 9.17) is 0 Å². The number of aliphatic hydroxyl groups is 1. The molecule has 1 fully saturated rings. The molecular weight excluding hydrogens is 240 g/mol. The quantitative estimate of drug-likeness (QED) is 0.814. The van der Waals surface area contributed by atoms with Crippen LogP contribution in [0.15, 0.2) is 28.7 Å². The Kier molecular flexibility index (Phi) is 3.24. The fraction of sp³-hybridized carbons (Fsp3) is 0.500. The van der Waals surface area contributed by atoms with Crippen molar-refractivity contribution in [3.8, 4) is 0 Å². The molecule has 2 unspecified atom stereocenters. The summed E-state index contributed by atoms with van der Waals surface area (Å²) in [6.45, 7) is 0. The highest BCUT2D eigenvalue weighted by atomic mass is 79.9. The molecule has 2 atom stereocenters. The molecule has 14 heavy (non-hydrogen) atoms. The molecule has 0 aromatic heterocycles. The Bertz CT molecular complexity index is 311. The zero-order valence-electron chi connectivity index (χ0n) is 8.12. The van der Waals surface area contributed by atoms with Gasteiger partial charge < -0.3 is 5.11 Å². The van der Waals surface area contributed by atoms with Gasteiger partial charge in [0.05, 0.1) is 6.10 Å². The van der Waals surface area contributed by atoms with Crippen LogP contribution in [0.3, 0.4) is 0 Å². The molecule has 0 spiro atoms. The predicted octanol–water partition coefficient (Wildman–Crippen LogP) is 3.47. The normalized spacial score (nSPS) is 27.6. The molecule has 76 valence electrons. The van der Waals surface area contributed by atoms with E-state index in [0.29, 0.717) is 5.92 Å². The molecule has 2 rings (SSSR count). The predicted molar refractivity (Wildman–Crippen MR) is 61.4 cm³/mol. The monoisotopic (exact) mass is 254 g/mol. The second-order valence-electron chi connectivity index (χ2n) is 4.04. The number of halogens is 1. The third-order valence-corrected chi connectivity index (χ3v) is 3.71. The molecule has 0 heterocycles. The van der Waals surface area contributed by atoms with Crippen LogP contribution in [0.2, 0.25) is 0 Å². The van der Waals surface area contributed by atoms with E-state index in [9.17, 15) is 5.11 Å². The largest absolute Gasteiger partial charge is 0.393 e. The maximum absolute atomic E-state index is 9.62. The van der Waals surface area contributed by atoms with Gasteiger partial charge in [0.15, 0.2) is 0 Å². The van der Waals surface area contributed by atoms with Crippen LogP contribution in [0.4, 0.5) is 0 Å². The topological polar surface area (TPSA) is 20.2 Å². The highest BCUT2D eigenvalue weighted by Crippen LogP contribution is 2.36. The summed E-state index contributed by atoms with van der Waals surface area (Å²) in [7, 11) is 0. The lowest BCUT2D eigenvalue weighted by Crippen LogP contribution is -2.18. The Morgan fingerprint density at radius 1 is 1.21 bits per heavy atom. The van der Waals surface area contributed by atoms with E-state index in [1.807, 2.05) is 6.07 Å². The fourth-order valence-corrected chi connectivity index (χ4v) is 2.86. The zero-order chi connectivity index (χ0) is 9.97. The molecule has 1 aliphatic carbocycles. The number of hydrogen-bond donors (Lipinski definition) is 1. The smallest absolute Gasteiger partial charge is 0.0546 e. The first-order chi connectivity index (χ1) is 6.77. The van der Waals surface area contributed by atoms with E-state index in [0.717, 1.165) is 19.3 Å². The minimum atomic E-state index is -0.0964. The van der Waals surface area contributed by atoms with E-state index in [1.165, 1.54) is 16.5 Å². The van der Waals surface area contributed by atoms with Crippen molar-refractivity contribution in [2.24, 2.45) is 0 Å². The fourth-order valence-electron chi connectivity index (χ4n) is 2.25. The first-order valence-electron chi connectivity index (χ1n) is 5.20. The van der Waals surface area contributed by atoms with Gasteiger partial charge in [0.25, 0.3) is 0 Å².